The van der Waals surface area contributed by atoms with E-state index in [0.29, 0.717) is 38.0 Å². The lowest BCUT2D eigenvalue weighted by Crippen LogP contribution is -2.73. The number of rotatable bonds is 2. The SMILES string of the molecule is C[C@@H]1C[C@@]2(N=CCS2)[C@]2(O)O[C@@H]3C[C@@]4(C=O)[C@@H](CC[C@@H]5[C@H]4CC[C@]4(C)[C@@H](C6=CC(=O)OC6)CC[C@]54O)C[C@H]3O[C@@H]2O1. The highest BCUT2D eigenvalue weighted by Crippen LogP contribution is 2.70. The zero-order chi connectivity index (χ0) is 28.4. The third kappa shape index (κ3) is 3.41. The predicted molar refractivity (Wildman–Crippen MR) is 149 cm³/mol. The summed E-state index contributed by atoms with van der Waals surface area (Å²) in [5.74, 6) is -1.08. The van der Waals surface area contributed by atoms with Crippen LogP contribution in [0, 0.1) is 34.5 Å². The fourth-order valence-corrected chi connectivity index (χ4v) is 12.3. The van der Waals surface area contributed by atoms with Crippen LogP contribution in [0.5, 0.6) is 0 Å². The van der Waals surface area contributed by atoms with E-state index in [1.54, 1.807) is 17.8 Å². The van der Waals surface area contributed by atoms with Crippen LogP contribution in [-0.2, 0) is 28.5 Å². The summed E-state index contributed by atoms with van der Waals surface area (Å²) in [6.07, 6.45) is 9.34. The molecule has 4 saturated carbocycles. The maximum Gasteiger partial charge on any atom is 0.331 e. The molecule has 0 aromatic rings. The minimum Gasteiger partial charge on any atom is -0.458 e. The Morgan fingerprint density at radius 1 is 1.07 bits per heavy atom. The Kier molecular flexibility index (Phi) is 5.91. The Labute approximate surface area is 244 Å². The summed E-state index contributed by atoms with van der Waals surface area (Å²) in [5, 5.41) is 24.6. The van der Waals surface area contributed by atoms with Gasteiger partial charge in [0.15, 0.2) is 4.87 Å². The first-order valence-electron chi connectivity index (χ1n) is 15.5. The minimum atomic E-state index is -1.74. The summed E-state index contributed by atoms with van der Waals surface area (Å²) in [6, 6.07) is 0. The standard InChI is InChI=1S/C31H41NO8S/c1-17-13-30(32-9-10-41-30)31(36)26(38-17)39-23-12-19-3-4-22-21(28(19,16-33)14-24(23)40-31)5-7-27(2)20(6-8-29(22,27)35)18-11-25(34)37-15-18/h9,11,16-17,19-24,26,35-36H,3-8,10,12-15H2,1-2H3/t17-,19+,20-,21-,22-,23-,24-,26+,27-,28-,29+,30+,31-/m1/s1. The van der Waals surface area contributed by atoms with Gasteiger partial charge in [0, 0.05) is 35.3 Å². The van der Waals surface area contributed by atoms with Crippen molar-refractivity contribution in [3.8, 4) is 0 Å². The highest BCUT2D eigenvalue weighted by molar-refractivity contribution is 8.01. The second-order valence-electron chi connectivity index (χ2n) is 14.4. The highest BCUT2D eigenvalue weighted by Gasteiger charge is 2.72. The third-order valence-electron chi connectivity index (χ3n) is 12.9. The van der Waals surface area contributed by atoms with Crippen LogP contribution in [0.2, 0.25) is 0 Å². The lowest BCUT2D eigenvalue weighted by atomic mass is 9.42. The van der Waals surface area contributed by atoms with Gasteiger partial charge in [-0.3, -0.25) is 4.99 Å². The number of cyclic esters (lactones) is 1. The number of aliphatic imine (C=N–C) groups is 1. The largest absolute Gasteiger partial charge is 0.458 e. The van der Waals surface area contributed by atoms with Gasteiger partial charge in [0.2, 0.25) is 6.29 Å². The van der Waals surface area contributed by atoms with Gasteiger partial charge in [-0.15, -0.1) is 11.8 Å². The van der Waals surface area contributed by atoms with Crippen LogP contribution >= 0.6 is 11.8 Å². The first-order chi connectivity index (χ1) is 19.6. The van der Waals surface area contributed by atoms with E-state index in [0.717, 1.165) is 37.7 Å². The van der Waals surface area contributed by atoms with Crippen molar-refractivity contribution in [1.82, 2.24) is 0 Å². The molecule has 4 heterocycles. The van der Waals surface area contributed by atoms with Crippen LogP contribution in [-0.4, -0.2) is 81.9 Å². The molecule has 10 heteroatoms. The quantitative estimate of drug-likeness (QED) is 0.285. The molecule has 0 amide bonds. The smallest absolute Gasteiger partial charge is 0.331 e. The second-order valence-corrected chi connectivity index (χ2v) is 15.7. The monoisotopic (exact) mass is 587 g/mol. The molecule has 1 spiro atoms. The molecular formula is C31H41NO8S. The van der Waals surface area contributed by atoms with Gasteiger partial charge in [-0.25, -0.2) is 4.79 Å². The number of aliphatic hydroxyl groups is 2. The molecule has 0 aromatic heterocycles. The van der Waals surface area contributed by atoms with Gasteiger partial charge in [0.25, 0.3) is 5.79 Å². The van der Waals surface area contributed by atoms with Crippen molar-refractivity contribution in [1.29, 1.82) is 0 Å². The Morgan fingerprint density at radius 2 is 1.93 bits per heavy atom. The van der Waals surface area contributed by atoms with Crippen molar-refractivity contribution in [3.05, 3.63) is 11.6 Å². The third-order valence-corrected chi connectivity index (χ3v) is 14.2. The molecule has 13 atom stereocenters. The molecule has 8 aliphatic rings. The lowest BCUT2D eigenvalue weighted by Gasteiger charge is -2.65. The van der Waals surface area contributed by atoms with Crippen molar-refractivity contribution in [2.75, 3.05) is 12.4 Å². The Hall–Kier alpha value is -1.30. The average Bonchev–Trinajstić information content (AvgIpc) is 3.65. The maximum atomic E-state index is 13.3. The molecule has 4 aliphatic heterocycles. The molecule has 224 valence electrons. The molecule has 9 nitrogen and oxygen atoms in total. The maximum absolute atomic E-state index is 13.3. The Bertz CT molecular complexity index is 1230. The van der Waals surface area contributed by atoms with Gasteiger partial charge in [-0.1, -0.05) is 6.92 Å². The van der Waals surface area contributed by atoms with Crippen LogP contribution in [0.4, 0.5) is 0 Å². The van der Waals surface area contributed by atoms with Crippen molar-refractivity contribution in [3.63, 3.8) is 0 Å². The summed E-state index contributed by atoms with van der Waals surface area (Å²) < 4.78 is 24.5. The van der Waals surface area contributed by atoms with Gasteiger partial charge in [0.05, 0.1) is 23.9 Å². The van der Waals surface area contributed by atoms with E-state index >= 15 is 0 Å². The van der Waals surface area contributed by atoms with Crippen LogP contribution in [0.1, 0.15) is 71.6 Å². The second kappa shape index (κ2) is 8.88. The topological polar surface area (TPSA) is 124 Å². The number of fused-ring (bicyclic) bond motifs is 8. The molecule has 2 saturated heterocycles. The molecule has 0 unspecified atom stereocenters. The van der Waals surface area contributed by atoms with E-state index in [-0.39, 0.29) is 47.3 Å². The molecule has 4 aliphatic carbocycles. The zero-order valence-corrected chi connectivity index (χ0v) is 24.6. The number of hydrogen-bond donors (Lipinski definition) is 2. The van der Waals surface area contributed by atoms with Gasteiger partial charge in [-0.05, 0) is 87.5 Å². The van der Waals surface area contributed by atoms with Crippen molar-refractivity contribution in [2.24, 2.45) is 39.5 Å². The fourth-order valence-electron chi connectivity index (χ4n) is 11.0. The van der Waals surface area contributed by atoms with E-state index in [2.05, 4.69) is 6.92 Å². The molecule has 6 fully saturated rings. The van der Waals surface area contributed by atoms with E-state index in [9.17, 15) is 19.8 Å². The van der Waals surface area contributed by atoms with Crippen LogP contribution < -0.4 is 0 Å². The number of thioether (sulfide) groups is 1. The van der Waals surface area contributed by atoms with E-state index in [1.807, 2.05) is 13.1 Å². The minimum absolute atomic E-state index is 0.0107. The number of carbonyl (C=O) groups is 2. The van der Waals surface area contributed by atoms with Gasteiger partial charge >= 0.3 is 5.97 Å². The van der Waals surface area contributed by atoms with E-state index < -0.39 is 34.1 Å². The average molecular weight is 588 g/mol. The molecule has 41 heavy (non-hydrogen) atoms. The van der Waals surface area contributed by atoms with Crippen LogP contribution in [0.3, 0.4) is 0 Å². The lowest BCUT2D eigenvalue weighted by molar-refractivity contribution is -0.445. The highest BCUT2D eigenvalue weighted by atomic mass is 32.2. The van der Waals surface area contributed by atoms with Gasteiger partial charge in [0.1, 0.15) is 12.9 Å². The first kappa shape index (κ1) is 27.3. The number of hydrogen-bond acceptors (Lipinski definition) is 10. The normalized spacial score (nSPS) is 57.2. The van der Waals surface area contributed by atoms with Gasteiger partial charge in [-0.2, -0.15) is 0 Å². The molecule has 0 aromatic carbocycles. The number of carbonyl (C=O) groups excluding carboxylic acids is 2. The van der Waals surface area contributed by atoms with E-state index in [1.165, 1.54) is 6.29 Å². The number of nitrogens with zero attached hydrogens (tertiary/aromatic N) is 1. The van der Waals surface area contributed by atoms with Crippen LogP contribution in [0.15, 0.2) is 16.6 Å². The Morgan fingerprint density at radius 3 is 2.66 bits per heavy atom. The van der Waals surface area contributed by atoms with Crippen molar-refractivity contribution in [2.45, 2.75) is 112 Å². The first-order valence-corrected chi connectivity index (χ1v) is 16.5. The molecule has 2 N–H and O–H groups in total. The number of aldehydes is 1. The Balaban J connectivity index is 1.10. The van der Waals surface area contributed by atoms with Crippen LogP contribution in [0.25, 0.3) is 0 Å². The summed E-state index contributed by atoms with van der Waals surface area (Å²) in [5.41, 5.74) is -0.925. The molecular weight excluding hydrogens is 546 g/mol. The number of ether oxygens (including phenoxy) is 4. The van der Waals surface area contributed by atoms with E-state index in [4.69, 9.17) is 23.9 Å². The summed E-state index contributed by atoms with van der Waals surface area (Å²) >= 11 is 1.56. The molecule has 0 bridgehead atoms. The van der Waals surface area contributed by atoms with Gasteiger partial charge < -0.3 is 34.0 Å². The summed E-state index contributed by atoms with van der Waals surface area (Å²) in [4.78, 5) is 29.1. The predicted octanol–water partition coefficient (Wildman–Crippen LogP) is 3.15. The molecule has 0 radical (unpaired) electrons. The van der Waals surface area contributed by atoms with Crippen molar-refractivity contribution < 1.29 is 38.7 Å². The zero-order valence-electron chi connectivity index (χ0n) is 23.8. The fraction of sp³-hybridized carbons (Fsp3) is 0.839. The van der Waals surface area contributed by atoms with Crippen molar-refractivity contribution >= 4 is 30.2 Å². The summed E-state index contributed by atoms with van der Waals surface area (Å²) in [6.45, 7) is 4.49. The molecule has 8 rings (SSSR count). The summed E-state index contributed by atoms with van der Waals surface area (Å²) in [7, 11) is 0. The number of esters is 1.